The number of hydrogen-bond acceptors (Lipinski definition) is 4. The molecule has 2 aliphatic rings. The van der Waals surface area contributed by atoms with E-state index in [9.17, 15) is 14.4 Å². The third-order valence-corrected chi connectivity index (χ3v) is 5.78. The summed E-state index contributed by atoms with van der Waals surface area (Å²) < 4.78 is -1.28. The highest BCUT2D eigenvalue weighted by Gasteiger charge is 2.45. The molecule has 0 bridgehead atoms. The van der Waals surface area contributed by atoms with Gasteiger partial charge in [0.2, 0.25) is 17.7 Å². The summed E-state index contributed by atoms with van der Waals surface area (Å²) in [4.78, 5) is 39.7. The average Bonchev–Trinajstić information content (AvgIpc) is 2.61. The molecule has 1 fully saturated rings. The lowest BCUT2D eigenvalue weighted by atomic mass is 10.1. The number of carbonyl (C=O) groups excluding carboxylic acids is 3. The predicted molar refractivity (Wildman–Crippen MR) is 92.8 cm³/mol. The van der Waals surface area contributed by atoms with Crippen molar-refractivity contribution >= 4 is 35.2 Å². The van der Waals surface area contributed by atoms with Gasteiger partial charge < -0.3 is 15.5 Å². The Morgan fingerprint density at radius 1 is 1.25 bits per heavy atom. The van der Waals surface area contributed by atoms with Crippen molar-refractivity contribution in [3.05, 3.63) is 24.3 Å². The molecule has 0 spiro atoms. The fourth-order valence-corrected chi connectivity index (χ4v) is 4.02. The lowest BCUT2D eigenvalue weighted by Gasteiger charge is -2.32. The standard InChI is InChI=1S/C17H21N3O3S/c1-17(16(23)19-12-7-3-4-8-13(12)24-17)15(22)18-11-14(21)20-9-5-2-6-10-20/h3-4,7-8H,2,5-6,9-11H2,1H3,(H,18,22)(H,19,23). The van der Waals surface area contributed by atoms with Crippen LogP contribution in [0.1, 0.15) is 26.2 Å². The van der Waals surface area contributed by atoms with Gasteiger partial charge in [0.25, 0.3) is 0 Å². The molecule has 1 saturated heterocycles. The number of rotatable bonds is 3. The molecule has 0 aliphatic carbocycles. The third-order valence-electron chi connectivity index (χ3n) is 4.42. The normalized spacial score (nSPS) is 23.2. The monoisotopic (exact) mass is 347 g/mol. The number of amides is 3. The third kappa shape index (κ3) is 3.26. The zero-order valence-electron chi connectivity index (χ0n) is 13.6. The van der Waals surface area contributed by atoms with E-state index in [1.807, 2.05) is 18.2 Å². The van der Waals surface area contributed by atoms with Gasteiger partial charge in [0.1, 0.15) is 0 Å². The molecule has 2 N–H and O–H groups in total. The quantitative estimate of drug-likeness (QED) is 0.815. The molecule has 1 aromatic carbocycles. The van der Waals surface area contributed by atoms with Crippen LogP contribution in [0, 0.1) is 0 Å². The second kappa shape index (κ2) is 6.84. The number of anilines is 1. The number of nitrogens with zero attached hydrogens (tertiary/aromatic N) is 1. The van der Waals surface area contributed by atoms with Crippen molar-refractivity contribution in [2.75, 3.05) is 25.0 Å². The number of piperidine rings is 1. The first-order chi connectivity index (χ1) is 11.5. The summed E-state index contributed by atoms with van der Waals surface area (Å²) in [5.74, 6) is -0.896. The maximum Gasteiger partial charge on any atom is 0.250 e. The molecule has 1 atom stereocenters. The van der Waals surface area contributed by atoms with Crippen LogP contribution in [0.15, 0.2) is 29.2 Å². The van der Waals surface area contributed by atoms with E-state index in [0.717, 1.165) is 37.2 Å². The summed E-state index contributed by atoms with van der Waals surface area (Å²) in [5, 5.41) is 5.41. The second-order valence-electron chi connectivity index (χ2n) is 6.21. The van der Waals surface area contributed by atoms with Gasteiger partial charge in [0.15, 0.2) is 4.75 Å². The van der Waals surface area contributed by atoms with E-state index in [1.165, 1.54) is 11.8 Å². The molecule has 0 radical (unpaired) electrons. The number of fused-ring (bicyclic) bond motifs is 1. The molecule has 0 saturated carbocycles. The highest BCUT2D eigenvalue weighted by Crippen LogP contribution is 2.42. The van der Waals surface area contributed by atoms with Crippen LogP contribution in [-0.2, 0) is 14.4 Å². The maximum atomic E-state index is 12.6. The van der Waals surface area contributed by atoms with E-state index in [4.69, 9.17) is 0 Å². The molecule has 3 rings (SSSR count). The Balaban J connectivity index is 1.63. The fourth-order valence-electron chi connectivity index (χ4n) is 2.90. The Morgan fingerprint density at radius 3 is 2.71 bits per heavy atom. The minimum absolute atomic E-state index is 0.0656. The molecule has 24 heavy (non-hydrogen) atoms. The number of hydrogen-bond donors (Lipinski definition) is 2. The number of benzene rings is 1. The molecule has 7 heteroatoms. The Hall–Kier alpha value is -2.02. The van der Waals surface area contributed by atoms with Gasteiger partial charge in [-0.05, 0) is 38.3 Å². The molecular weight excluding hydrogens is 326 g/mol. The molecule has 2 heterocycles. The Kier molecular flexibility index (Phi) is 4.80. The van der Waals surface area contributed by atoms with Crippen molar-refractivity contribution in [1.82, 2.24) is 10.2 Å². The van der Waals surface area contributed by atoms with Crippen LogP contribution < -0.4 is 10.6 Å². The molecular formula is C17H21N3O3S. The van der Waals surface area contributed by atoms with Crippen molar-refractivity contribution in [2.45, 2.75) is 35.8 Å². The fraction of sp³-hybridized carbons (Fsp3) is 0.471. The molecule has 128 valence electrons. The number of para-hydroxylation sites is 1. The Morgan fingerprint density at radius 2 is 1.96 bits per heavy atom. The van der Waals surface area contributed by atoms with Gasteiger partial charge in [-0.3, -0.25) is 14.4 Å². The van der Waals surface area contributed by atoms with Gasteiger partial charge in [-0.1, -0.05) is 23.9 Å². The summed E-state index contributed by atoms with van der Waals surface area (Å²) in [5.41, 5.74) is 0.710. The largest absolute Gasteiger partial charge is 0.345 e. The van der Waals surface area contributed by atoms with Crippen molar-refractivity contribution in [3.8, 4) is 0 Å². The molecule has 0 aromatic heterocycles. The van der Waals surface area contributed by atoms with E-state index < -0.39 is 10.7 Å². The van der Waals surface area contributed by atoms with E-state index in [2.05, 4.69) is 10.6 Å². The lowest BCUT2D eigenvalue weighted by molar-refractivity contribution is -0.135. The van der Waals surface area contributed by atoms with Crippen LogP contribution in [-0.4, -0.2) is 47.0 Å². The average molecular weight is 347 g/mol. The zero-order valence-corrected chi connectivity index (χ0v) is 14.4. The number of carbonyl (C=O) groups is 3. The van der Waals surface area contributed by atoms with Gasteiger partial charge in [-0.2, -0.15) is 0 Å². The highest BCUT2D eigenvalue weighted by molar-refractivity contribution is 8.02. The summed E-state index contributed by atoms with van der Waals surface area (Å²) in [6, 6.07) is 7.36. The van der Waals surface area contributed by atoms with Crippen LogP contribution in [0.4, 0.5) is 5.69 Å². The first kappa shape index (κ1) is 16.8. The topological polar surface area (TPSA) is 78.5 Å². The van der Waals surface area contributed by atoms with Gasteiger partial charge >= 0.3 is 0 Å². The molecule has 6 nitrogen and oxygen atoms in total. The lowest BCUT2D eigenvalue weighted by Crippen LogP contribution is -2.54. The van der Waals surface area contributed by atoms with E-state index in [0.29, 0.717) is 5.69 Å². The van der Waals surface area contributed by atoms with E-state index >= 15 is 0 Å². The van der Waals surface area contributed by atoms with Gasteiger partial charge in [-0.15, -0.1) is 0 Å². The summed E-state index contributed by atoms with van der Waals surface area (Å²) >= 11 is 1.21. The SMILES string of the molecule is CC1(C(=O)NCC(=O)N2CCCCC2)Sc2ccccc2NC1=O. The number of thioether (sulfide) groups is 1. The molecule has 1 unspecified atom stereocenters. The van der Waals surface area contributed by atoms with Crippen LogP contribution >= 0.6 is 11.8 Å². The first-order valence-electron chi connectivity index (χ1n) is 8.16. The summed E-state index contributed by atoms with van der Waals surface area (Å²) in [6.07, 6.45) is 3.16. The predicted octanol–water partition coefficient (Wildman–Crippen LogP) is 1.62. The number of nitrogens with one attached hydrogen (secondary N) is 2. The summed E-state index contributed by atoms with van der Waals surface area (Å²) in [7, 11) is 0. The smallest absolute Gasteiger partial charge is 0.250 e. The van der Waals surface area contributed by atoms with Crippen molar-refractivity contribution in [2.24, 2.45) is 0 Å². The minimum atomic E-state index is -1.28. The molecule has 3 amide bonds. The van der Waals surface area contributed by atoms with Crippen molar-refractivity contribution in [1.29, 1.82) is 0 Å². The van der Waals surface area contributed by atoms with Gasteiger partial charge in [0.05, 0.1) is 12.2 Å². The van der Waals surface area contributed by atoms with Crippen LogP contribution in [0.5, 0.6) is 0 Å². The minimum Gasteiger partial charge on any atom is -0.345 e. The highest BCUT2D eigenvalue weighted by atomic mass is 32.2. The van der Waals surface area contributed by atoms with E-state index in [-0.39, 0.29) is 18.4 Å². The van der Waals surface area contributed by atoms with Crippen LogP contribution in [0.2, 0.25) is 0 Å². The number of likely N-dealkylation sites (tertiary alicyclic amines) is 1. The zero-order chi connectivity index (χ0) is 17.2. The Labute approximate surface area is 145 Å². The van der Waals surface area contributed by atoms with Crippen LogP contribution in [0.25, 0.3) is 0 Å². The van der Waals surface area contributed by atoms with Crippen molar-refractivity contribution in [3.63, 3.8) is 0 Å². The molecule has 2 aliphatic heterocycles. The van der Waals surface area contributed by atoms with E-state index in [1.54, 1.807) is 17.9 Å². The van der Waals surface area contributed by atoms with Crippen LogP contribution in [0.3, 0.4) is 0 Å². The second-order valence-corrected chi connectivity index (χ2v) is 7.67. The Bertz CT molecular complexity index is 673. The van der Waals surface area contributed by atoms with Gasteiger partial charge in [0, 0.05) is 18.0 Å². The van der Waals surface area contributed by atoms with Gasteiger partial charge in [-0.25, -0.2) is 0 Å². The molecule has 1 aromatic rings. The first-order valence-corrected chi connectivity index (χ1v) is 8.98. The summed E-state index contributed by atoms with van der Waals surface area (Å²) in [6.45, 7) is 3.01. The van der Waals surface area contributed by atoms with Crippen molar-refractivity contribution < 1.29 is 14.4 Å². The maximum absolute atomic E-state index is 12.6.